The zero-order valence-electron chi connectivity index (χ0n) is 14.2. The number of rotatable bonds is 4. The van der Waals surface area contributed by atoms with Gasteiger partial charge in [0.2, 0.25) is 0 Å². The summed E-state index contributed by atoms with van der Waals surface area (Å²) >= 11 is 1.78. The lowest BCUT2D eigenvalue weighted by Gasteiger charge is -2.22. The monoisotopic (exact) mass is 445 g/mol. The molecule has 0 aliphatic rings. The van der Waals surface area contributed by atoms with E-state index < -0.39 is 0 Å². The van der Waals surface area contributed by atoms with Crippen LogP contribution >= 0.6 is 35.3 Å². The third-order valence-corrected chi connectivity index (χ3v) is 4.33. The predicted molar refractivity (Wildman–Crippen MR) is 110 cm³/mol. The molecule has 2 rings (SSSR count). The number of ether oxygens (including phenoxy) is 1. The molecule has 1 aromatic carbocycles. The lowest BCUT2D eigenvalue weighted by molar-refractivity contribution is 0.415. The van der Waals surface area contributed by atoms with Crippen molar-refractivity contribution >= 4 is 41.3 Å². The van der Waals surface area contributed by atoms with Crippen molar-refractivity contribution in [1.82, 2.24) is 9.80 Å². The molecule has 0 fully saturated rings. The van der Waals surface area contributed by atoms with Crippen LogP contribution in [0.25, 0.3) is 10.4 Å². The number of nitrogens with zero attached hydrogens (tertiary/aromatic N) is 3. The highest BCUT2D eigenvalue weighted by atomic mass is 127. The molecule has 0 saturated heterocycles. The van der Waals surface area contributed by atoms with Crippen molar-refractivity contribution in [3.63, 3.8) is 0 Å². The van der Waals surface area contributed by atoms with Gasteiger partial charge in [-0.15, -0.1) is 35.3 Å². The van der Waals surface area contributed by atoms with Crippen LogP contribution in [0.4, 0.5) is 0 Å². The van der Waals surface area contributed by atoms with Gasteiger partial charge in [-0.1, -0.05) is 0 Å². The fourth-order valence-electron chi connectivity index (χ4n) is 2.20. The first kappa shape index (κ1) is 19.8. The van der Waals surface area contributed by atoms with Gasteiger partial charge in [-0.2, -0.15) is 0 Å². The van der Waals surface area contributed by atoms with Gasteiger partial charge in [-0.3, -0.25) is 0 Å². The number of hydrogen-bond acceptors (Lipinski definition) is 3. The van der Waals surface area contributed by atoms with Gasteiger partial charge in [0, 0.05) is 37.9 Å². The van der Waals surface area contributed by atoms with E-state index in [0.717, 1.165) is 11.7 Å². The molecule has 0 aliphatic heterocycles. The van der Waals surface area contributed by atoms with Gasteiger partial charge in [-0.25, -0.2) is 4.99 Å². The predicted octanol–water partition coefficient (Wildman–Crippen LogP) is 4.02. The highest BCUT2D eigenvalue weighted by Crippen LogP contribution is 2.29. The summed E-state index contributed by atoms with van der Waals surface area (Å²) in [7, 11) is 9.72. The van der Waals surface area contributed by atoms with E-state index in [0.29, 0.717) is 6.54 Å². The Morgan fingerprint density at radius 3 is 2.13 bits per heavy atom. The van der Waals surface area contributed by atoms with Crippen LogP contribution in [0.3, 0.4) is 0 Å². The maximum atomic E-state index is 5.20. The molecule has 1 aromatic heterocycles. The molecule has 0 aliphatic carbocycles. The van der Waals surface area contributed by atoms with Crippen LogP contribution in [0.2, 0.25) is 0 Å². The number of guanidine groups is 1. The van der Waals surface area contributed by atoms with Gasteiger partial charge in [-0.05, 0) is 42.0 Å². The summed E-state index contributed by atoms with van der Waals surface area (Å²) < 4.78 is 5.20. The Hall–Kier alpha value is -1.28. The summed E-state index contributed by atoms with van der Waals surface area (Å²) in [5, 5.41) is 0. The molecule has 4 nitrogen and oxygen atoms in total. The quantitative estimate of drug-likeness (QED) is 0.404. The highest BCUT2D eigenvalue weighted by Gasteiger charge is 2.06. The summed E-state index contributed by atoms with van der Waals surface area (Å²) in [6.07, 6.45) is 0. The molecule has 0 unspecified atom stereocenters. The Bertz CT molecular complexity index is 626. The first-order chi connectivity index (χ1) is 10.5. The van der Waals surface area contributed by atoms with E-state index in [-0.39, 0.29) is 24.0 Å². The summed E-state index contributed by atoms with van der Waals surface area (Å²) in [5.41, 5.74) is 1.21. The largest absolute Gasteiger partial charge is 0.497 e. The van der Waals surface area contributed by atoms with Crippen molar-refractivity contribution in [1.29, 1.82) is 0 Å². The van der Waals surface area contributed by atoms with Gasteiger partial charge in [0.05, 0.1) is 13.7 Å². The van der Waals surface area contributed by atoms with E-state index in [1.807, 2.05) is 50.1 Å². The standard InChI is InChI=1S/C17H23N3OS.HI/c1-19(2)17(20(3)4)18-12-15-10-11-16(22-15)13-6-8-14(21-5)9-7-13;/h6-11H,12H2,1-5H3;1H. The Morgan fingerprint density at radius 1 is 1.00 bits per heavy atom. The number of methoxy groups -OCH3 is 1. The SMILES string of the molecule is COc1ccc(-c2ccc(CN=C(N(C)C)N(C)C)s2)cc1.I. The van der Waals surface area contributed by atoms with Crippen molar-refractivity contribution in [2.24, 2.45) is 4.99 Å². The Balaban J connectivity index is 0.00000264. The molecule has 0 N–H and O–H groups in total. The molecular weight excluding hydrogens is 421 g/mol. The first-order valence-electron chi connectivity index (χ1n) is 7.13. The molecule has 6 heteroatoms. The molecule has 0 saturated carbocycles. The van der Waals surface area contributed by atoms with Crippen molar-refractivity contribution < 1.29 is 4.74 Å². The highest BCUT2D eigenvalue weighted by molar-refractivity contribution is 14.0. The summed E-state index contributed by atoms with van der Waals surface area (Å²) in [4.78, 5) is 11.2. The average Bonchev–Trinajstić information content (AvgIpc) is 2.95. The number of thiophene rings is 1. The second-order valence-corrected chi connectivity index (χ2v) is 6.57. The first-order valence-corrected chi connectivity index (χ1v) is 7.95. The van der Waals surface area contributed by atoms with Crippen LogP contribution in [-0.2, 0) is 6.54 Å². The Kier molecular flexibility index (Phi) is 7.84. The maximum absolute atomic E-state index is 5.20. The third kappa shape index (κ3) is 5.39. The van der Waals surface area contributed by atoms with E-state index in [1.54, 1.807) is 18.4 Å². The Labute approximate surface area is 159 Å². The molecule has 0 atom stereocenters. The number of aliphatic imine (C=N–C) groups is 1. The molecule has 0 spiro atoms. The normalized spacial score (nSPS) is 9.78. The van der Waals surface area contributed by atoms with E-state index >= 15 is 0 Å². The van der Waals surface area contributed by atoms with E-state index in [9.17, 15) is 0 Å². The van der Waals surface area contributed by atoms with Crippen LogP contribution < -0.4 is 4.74 Å². The number of benzene rings is 1. The van der Waals surface area contributed by atoms with Gasteiger partial charge in [0.1, 0.15) is 5.75 Å². The fourth-order valence-corrected chi connectivity index (χ4v) is 3.14. The van der Waals surface area contributed by atoms with Crippen LogP contribution in [0.15, 0.2) is 41.4 Å². The minimum absolute atomic E-state index is 0. The molecule has 23 heavy (non-hydrogen) atoms. The lowest BCUT2D eigenvalue weighted by Crippen LogP contribution is -2.35. The van der Waals surface area contributed by atoms with Gasteiger partial charge in [0.25, 0.3) is 0 Å². The second kappa shape index (κ2) is 9.12. The van der Waals surface area contributed by atoms with Crippen molar-refractivity contribution in [2.75, 3.05) is 35.3 Å². The molecule has 0 bridgehead atoms. The average molecular weight is 445 g/mol. The maximum Gasteiger partial charge on any atom is 0.195 e. The number of halogens is 1. The van der Waals surface area contributed by atoms with Crippen LogP contribution in [0, 0.1) is 0 Å². The molecule has 2 aromatic rings. The van der Waals surface area contributed by atoms with Crippen molar-refractivity contribution in [2.45, 2.75) is 6.54 Å². The summed E-state index contributed by atoms with van der Waals surface area (Å²) in [6, 6.07) is 12.5. The van der Waals surface area contributed by atoms with Crippen molar-refractivity contribution in [3.05, 3.63) is 41.3 Å². The van der Waals surface area contributed by atoms with Crippen molar-refractivity contribution in [3.8, 4) is 16.2 Å². The topological polar surface area (TPSA) is 28.1 Å². The van der Waals surface area contributed by atoms with Crippen LogP contribution in [0.5, 0.6) is 5.75 Å². The number of hydrogen-bond donors (Lipinski definition) is 0. The van der Waals surface area contributed by atoms with Gasteiger partial charge < -0.3 is 14.5 Å². The summed E-state index contributed by atoms with van der Waals surface area (Å²) in [5.74, 6) is 1.85. The molecule has 0 radical (unpaired) electrons. The minimum Gasteiger partial charge on any atom is -0.497 e. The second-order valence-electron chi connectivity index (χ2n) is 5.40. The smallest absolute Gasteiger partial charge is 0.195 e. The van der Waals surface area contributed by atoms with E-state index in [4.69, 9.17) is 4.74 Å². The van der Waals surface area contributed by atoms with Gasteiger partial charge in [0.15, 0.2) is 5.96 Å². The summed E-state index contributed by atoms with van der Waals surface area (Å²) in [6.45, 7) is 0.701. The zero-order valence-corrected chi connectivity index (χ0v) is 17.4. The zero-order chi connectivity index (χ0) is 16.1. The fraction of sp³-hybridized carbons (Fsp3) is 0.353. The molecule has 1 heterocycles. The van der Waals surface area contributed by atoms with Crippen LogP contribution in [0.1, 0.15) is 4.88 Å². The minimum atomic E-state index is 0. The third-order valence-electron chi connectivity index (χ3n) is 3.21. The molecular formula is C17H24IN3OS. The van der Waals surface area contributed by atoms with E-state index in [2.05, 4.69) is 29.3 Å². The van der Waals surface area contributed by atoms with Gasteiger partial charge >= 0.3 is 0 Å². The van der Waals surface area contributed by atoms with E-state index in [1.165, 1.54) is 15.3 Å². The Morgan fingerprint density at radius 2 is 1.61 bits per heavy atom. The molecule has 0 amide bonds. The molecule has 126 valence electrons. The lowest BCUT2D eigenvalue weighted by atomic mass is 10.2. The van der Waals surface area contributed by atoms with Crippen LogP contribution in [-0.4, -0.2) is 51.1 Å².